The first kappa shape index (κ1) is 12.4. The maximum Gasteiger partial charge on any atom is 0.248 e. The normalized spacial score (nSPS) is 29.2. The Bertz CT molecular complexity index is 505. The van der Waals surface area contributed by atoms with Crippen molar-refractivity contribution in [3.05, 3.63) is 29.6 Å². The minimum absolute atomic E-state index is 0.288. The smallest absolute Gasteiger partial charge is 0.248 e. The van der Waals surface area contributed by atoms with Crippen molar-refractivity contribution in [2.45, 2.75) is 18.9 Å². The van der Waals surface area contributed by atoms with Crippen LogP contribution in [-0.2, 0) is 0 Å². The minimum Gasteiger partial charge on any atom is -0.380 e. The number of nitrogens with two attached hydrogens (primary N) is 1. The molecule has 2 aliphatic heterocycles. The molecule has 0 radical (unpaired) electrons. The van der Waals surface area contributed by atoms with Gasteiger partial charge in [0.2, 0.25) is 5.91 Å². The van der Waals surface area contributed by atoms with Gasteiger partial charge in [-0.2, -0.15) is 0 Å². The molecule has 1 aromatic rings. The van der Waals surface area contributed by atoms with Gasteiger partial charge in [-0.1, -0.05) is 0 Å². The van der Waals surface area contributed by atoms with E-state index < -0.39 is 5.91 Å². The number of benzene rings is 1. The summed E-state index contributed by atoms with van der Waals surface area (Å²) in [5.41, 5.74) is 5.96. The zero-order valence-corrected chi connectivity index (χ0v) is 10.7. The Labute approximate surface area is 111 Å². The van der Waals surface area contributed by atoms with Gasteiger partial charge >= 0.3 is 0 Å². The SMILES string of the molecule is NC(=O)c1ccc(F)c(NC2CCN3CCC2C3)c1. The van der Waals surface area contributed by atoms with Gasteiger partial charge < -0.3 is 16.0 Å². The molecule has 1 aromatic carbocycles. The fraction of sp³-hybridized carbons (Fsp3) is 0.500. The van der Waals surface area contributed by atoms with Gasteiger partial charge in [0.25, 0.3) is 0 Å². The second-order valence-corrected chi connectivity index (χ2v) is 5.45. The van der Waals surface area contributed by atoms with Crippen LogP contribution in [0.15, 0.2) is 18.2 Å². The number of amides is 1. The summed E-state index contributed by atoms with van der Waals surface area (Å²) >= 11 is 0. The van der Waals surface area contributed by atoms with Gasteiger partial charge in [-0.05, 0) is 43.5 Å². The molecule has 1 amide bonds. The minimum atomic E-state index is -0.529. The first-order valence-electron chi connectivity index (χ1n) is 6.72. The number of piperidine rings is 1. The van der Waals surface area contributed by atoms with E-state index in [1.54, 1.807) is 0 Å². The first-order chi connectivity index (χ1) is 9.13. The summed E-state index contributed by atoms with van der Waals surface area (Å²) < 4.78 is 13.8. The molecule has 3 rings (SSSR count). The third-order valence-electron chi connectivity index (χ3n) is 4.23. The zero-order chi connectivity index (χ0) is 13.4. The van der Waals surface area contributed by atoms with Crippen molar-refractivity contribution in [3.63, 3.8) is 0 Å². The largest absolute Gasteiger partial charge is 0.380 e. The van der Waals surface area contributed by atoms with Gasteiger partial charge in [-0.15, -0.1) is 0 Å². The standard InChI is InChI=1S/C14H18FN3O/c15-11-2-1-9(14(16)19)7-13(11)17-12-4-6-18-5-3-10(12)8-18/h1-2,7,10,12,17H,3-6,8H2,(H2,16,19). The van der Waals surface area contributed by atoms with Crippen LogP contribution >= 0.6 is 0 Å². The molecular formula is C14H18FN3O. The van der Waals surface area contributed by atoms with Crippen LogP contribution in [0.25, 0.3) is 0 Å². The molecule has 3 unspecified atom stereocenters. The van der Waals surface area contributed by atoms with Crippen LogP contribution in [0.2, 0.25) is 0 Å². The molecule has 2 saturated heterocycles. The molecule has 2 heterocycles. The lowest BCUT2D eigenvalue weighted by molar-refractivity contribution is 0.100. The van der Waals surface area contributed by atoms with E-state index in [0.717, 1.165) is 32.5 Å². The second-order valence-electron chi connectivity index (χ2n) is 5.45. The summed E-state index contributed by atoms with van der Waals surface area (Å²) in [6.07, 6.45) is 2.18. The number of nitrogens with one attached hydrogen (secondary N) is 1. The van der Waals surface area contributed by atoms with Crippen molar-refractivity contribution < 1.29 is 9.18 Å². The lowest BCUT2D eigenvalue weighted by atomic mass is 9.94. The third-order valence-corrected chi connectivity index (χ3v) is 4.23. The van der Waals surface area contributed by atoms with Crippen LogP contribution in [0.1, 0.15) is 23.2 Å². The topological polar surface area (TPSA) is 58.4 Å². The molecule has 0 saturated carbocycles. The summed E-state index contributed by atoms with van der Waals surface area (Å²) in [4.78, 5) is 13.6. The first-order valence-corrected chi connectivity index (χ1v) is 6.72. The molecule has 2 fully saturated rings. The van der Waals surface area contributed by atoms with Crippen molar-refractivity contribution in [1.29, 1.82) is 0 Å². The fourth-order valence-electron chi connectivity index (χ4n) is 3.13. The van der Waals surface area contributed by atoms with Crippen molar-refractivity contribution in [2.24, 2.45) is 11.7 Å². The van der Waals surface area contributed by atoms with E-state index in [2.05, 4.69) is 10.2 Å². The monoisotopic (exact) mass is 263 g/mol. The highest BCUT2D eigenvalue weighted by Crippen LogP contribution is 2.30. The van der Waals surface area contributed by atoms with E-state index in [1.165, 1.54) is 18.2 Å². The van der Waals surface area contributed by atoms with Gasteiger partial charge in [0, 0.05) is 24.7 Å². The lowest BCUT2D eigenvalue weighted by Crippen LogP contribution is -2.39. The molecule has 3 atom stereocenters. The van der Waals surface area contributed by atoms with E-state index in [-0.39, 0.29) is 11.9 Å². The van der Waals surface area contributed by atoms with E-state index >= 15 is 0 Å². The molecule has 5 heteroatoms. The van der Waals surface area contributed by atoms with Crippen LogP contribution in [0.4, 0.5) is 10.1 Å². The Balaban J connectivity index is 1.78. The van der Waals surface area contributed by atoms with Gasteiger partial charge in [-0.3, -0.25) is 4.79 Å². The molecule has 3 N–H and O–H groups in total. The van der Waals surface area contributed by atoms with Gasteiger partial charge in [0.15, 0.2) is 0 Å². The van der Waals surface area contributed by atoms with Crippen LogP contribution in [0.3, 0.4) is 0 Å². The van der Waals surface area contributed by atoms with E-state index in [9.17, 15) is 9.18 Å². The Morgan fingerprint density at radius 1 is 1.37 bits per heavy atom. The van der Waals surface area contributed by atoms with Crippen molar-refractivity contribution in [2.75, 3.05) is 25.0 Å². The van der Waals surface area contributed by atoms with Crippen LogP contribution in [0, 0.1) is 11.7 Å². The number of rotatable bonds is 3. The van der Waals surface area contributed by atoms with Gasteiger partial charge in [0.05, 0.1) is 5.69 Å². The highest BCUT2D eigenvalue weighted by molar-refractivity contribution is 5.93. The van der Waals surface area contributed by atoms with Gasteiger partial charge in [0.1, 0.15) is 5.82 Å². The summed E-state index contributed by atoms with van der Waals surface area (Å²) in [7, 11) is 0. The maximum atomic E-state index is 13.8. The van der Waals surface area contributed by atoms with Crippen LogP contribution in [0.5, 0.6) is 0 Å². The summed E-state index contributed by atoms with van der Waals surface area (Å²) in [6.45, 7) is 3.30. The Kier molecular flexibility index (Phi) is 3.14. The number of anilines is 1. The van der Waals surface area contributed by atoms with Crippen molar-refractivity contribution >= 4 is 11.6 Å². The molecule has 2 aliphatic rings. The number of carbonyl (C=O) groups excluding carboxylic acids is 1. The van der Waals surface area contributed by atoms with Crippen LogP contribution in [-0.4, -0.2) is 36.5 Å². The van der Waals surface area contributed by atoms with Gasteiger partial charge in [-0.25, -0.2) is 4.39 Å². The fourth-order valence-corrected chi connectivity index (χ4v) is 3.13. The second kappa shape index (κ2) is 4.81. The number of fused-ring (bicyclic) bond motifs is 2. The maximum absolute atomic E-state index is 13.8. The summed E-state index contributed by atoms with van der Waals surface area (Å²) in [5, 5.41) is 3.26. The molecule has 2 bridgehead atoms. The Hall–Kier alpha value is -1.62. The average molecular weight is 263 g/mol. The highest BCUT2D eigenvalue weighted by Gasteiger charge is 2.34. The van der Waals surface area contributed by atoms with Crippen molar-refractivity contribution in [1.82, 2.24) is 4.90 Å². The van der Waals surface area contributed by atoms with Crippen molar-refractivity contribution in [3.8, 4) is 0 Å². The quantitative estimate of drug-likeness (QED) is 0.867. The third kappa shape index (κ3) is 2.42. The number of carbonyl (C=O) groups is 1. The van der Waals surface area contributed by atoms with Crippen LogP contribution < -0.4 is 11.1 Å². The Morgan fingerprint density at radius 3 is 2.95 bits per heavy atom. The molecule has 0 spiro atoms. The summed E-state index contributed by atoms with van der Waals surface area (Å²) in [5.74, 6) is -0.283. The number of primary amides is 1. The average Bonchev–Trinajstić information content (AvgIpc) is 2.78. The molecule has 4 nitrogen and oxygen atoms in total. The zero-order valence-electron chi connectivity index (χ0n) is 10.7. The predicted molar refractivity (Wildman–Crippen MR) is 71.5 cm³/mol. The molecule has 102 valence electrons. The predicted octanol–water partition coefficient (Wildman–Crippen LogP) is 1.43. The van der Waals surface area contributed by atoms with E-state index in [1.807, 2.05) is 0 Å². The molecule has 19 heavy (non-hydrogen) atoms. The molecular weight excluding hydrogens is 245 g/mol. The number of hydrogen-bond donors (Lipinski definition) is 2. The molecule has 0 aromatic heterocycles. The lowest BCUT2D eigenvalue weighted by Gasteiger charge is -2.31. The summed E-state index contributed by atoms with van der Waals surface area (Å²) in [6, 6.07) is 4.52. The highest BCUT2D eigenvalue weighted by atomic mass is 19.1. The number of nitrogens with zero attached hydrogens (tertiary/aromatic N) is 1. The Morgan fingerprint density at radius 2 is 2.16 bits per heavy atom. The number of halogens is 1. The van der Waals surface area contributed by atoms with E-state index in [0.29, 0.717) is 17.2 Å². The molecule has 0 aliphatic carbocycles. The van der Waals surface area contributed by atoms with E-state index in [4.69, 9.17) is 5.73 Å². The number of hydrogen-bond acceptors (Lipinski definition) is 3.